The number of aryl methyl sites for hydroxylation is 1. The van der Waals surface area contributed by atoms with Crippen LogP contribution in [0.3, 0.4) is 0 Å². The Kier molecular flexibility index (Phi) is 2.49. The van der Waals surface area contributed by atoms with Crippen LogP contribution in [0.2, 0.25) is 0 Å². The van der Waals surface area contributed by atoms with Crippen molar-refractivity contribution in [3.63, 3.8) is 0 Å². The van der Waals surface area contributed by atoms with Gasteiger partial charge in [0, 0.05) is 0 Å². The van der Waals surface area contributed by atoms with E-state index in [1.165, 1.54) is 0 Å². The normalized spacial score (nSPS) is 18.9. The molecule has 1 aliphatic rings. The Balaban J connectivity index is 2.34. The van der Waals surface area contributed by atoms with E-state index in [4.69, 9.17) is 14.6 Å². The van der Waals surface area contributed by atoms with E-state index in [1.807, 2.05) is 12.1 Å². The molecule has 1 aliphatic heterocycles. The average molecular weight is 208 g/mol. The SMILES string of the molecule is COc1cccc2c1O[C@H](C(=O)O)CC2. The highest BCUT2D eigenvalue weighted by atomic mass is 16.5. The molecule has 0 unspecified atom stereocenters. The summed E-state index contributed by atoms with van der Waals surface area (Å²) in [6, 6.07) is 5.57. The van der Waals surface area contributed by atoms with Gasteiger partial charge < -0.3 is 14.6 Å². The van der Waals surface area contributed by atoms with Crippen molar-refractivity contribution in [2.45, 2.75) is 18.9 Å². The van der Waals surface area contributed by atoms with Crippen molar-refractivity contribution < 1.29 is 19.4 Å². The molecule has 0 saturated carbocycles. The third-order valence-corrected chi connectivity index (χ3v) is 2.49. The number of aliphatic carboxylic acids is 1. The fourth-order valence-electron chi connectivity index (χ4n) is 1.71. The molecule has 0 amide bonds. The predicted molar refractivity (Wildman–Crippen MR) is 53.4 cm³/mol. The van der Waals surface area contributed by atoms with Gasteiger partial charge in [0.2, 0.25) is 0 Å². The van der Waals surface area contributed by atoms with Gasteiger partial charge >= 0.3 is 5.97 Å². The smallest absolute Gasteiger partial charge is 0.344 e. The zero-order chi connectivity index (χ0) is 10.8. The van der Waals surface area contributed by atoms with Crippen LogP contribution in [-0.4, -0.2) is 24.3 Å². The lowest BCUT2D eigenvalue weighted by molar-refractivity contribution is -0.145. The molecule has 0 bridgehead atoms. The number of para-hydroxylation sites is 1. The molecule has 0 saturated heterocycles. The van der Waals surface area contributed by atoms with Gasteiger partial charge in [0.15, 0.2) is 17.6 Å². The van der Waals surface area contributed by atoms with Crippen LogP contribution in [0.25, 0.3) is 0 Å². The summed E-state index contributed by atoms with van der Waals surface area (Å²) in [5.74, 6) is 0.239. The van der Waals surface area contributed by atoms with E-state index in [2.05, 4.69) is 0 Å². The summed E-state index contributed by atoms with van der Waals surface area (Å²) in [5, 5.41) is 8.86. The zero-order valence-electron chi connectivity index (χ0n) is 8.40. The van der Waals surface area contributed by atoms with Crippen molar-refractivity contribution in [3.05, 3.63) is 23.8 Å². The minimum Gasteiger partial charge on any atom is -0.493 e. The Labute approximate surface area is 87.4 Å². The number of fused-ring (bicyclic) bond motifs is 1. The van der Waals surface area contributed by atoms with Gasteiger partial charge in [0.1, 0.15) is 0 Å². The number of hydrogen-bond acceptors (Lipinski definition) is 3. The Morgan fingerprint density at radius 1 is 1.60 bits per heavy atom. The molecule has 15 heavy (non-hydrogen) atoms. The second-order valence-electron chi connectivity index (χ2n) is 3.43. The van der Waals surface area contributed by atoms with Crippen molar-refractivity contribution in [1.29, 1.82) is 0 Å². The maximum atomic E-state index is 10.8. The average Bonchev–Trinajstić information content (AvgIpc) is 2.27. The van der Waals surface area contributed by atoms with E-state index < -0.39 is 12.1 Å². The van der Waals surface area contributed by atoms with Crippen LogP contribution in [-0.2, 0) is 11.2 Å². The van der Waals surface area contributed by atoms with Crippen LogP contribution >= 0.6 is 0 Å². The lowest BCUT2D eigenvalue weighted by Crippen LogP contribution is -2.31. The molecule has 1 heterocycles. The lowest BCUT2D eigenvalue weighted by atomic mass is 10.0. The number of carboxylic acid groups (broad SMARTS) is 1. The minimum atomic E-state index is -0.924. The van der Waals surface area contributed by atoms with Gasteiger partial charge in [-0.15, -0.1) is 0 Å². The highest BCUT2D eigenvalue weighted by Gasteiger charge is 2.27. The third kappa shape index (κ3) is 1.75. The predicted octanol–water partition coefficient (Wildman–Crippen LogP) is 1.47. The molecule has 1 aromatic rings. The summed E-state index contributed by atoms with van der Waals surface area (Å²) >= 11 is 0. The van der Waals surface area contributed by atoms with E-state index >= 15 is 0 Å². The summed E-state index contributed by atoms with van der Waals surface area (Å²) in [6.07, 6.45) is 0.465. The molecule has 0 spiro atoms. The molecule has 80 valence electrons. The molecule has 2 rings (SSSR count). The summed E-state index contributed by atoms with van der Waals surface area (Å²) in [6.45, 7) is 0. The fourth-order valence-corrected chi connectivity index (χ4v) is 1.71. The molecule has 0 radical (unpaired) electrons. The molecule has 1 N–H and O–H groups in total. The number of carboxylic acids is 1. The second kappa shape index (κ2) is 3.81. The van der Waals surface area contributed by atoms with Gasteiger partial charge in [-0.05, 0) is 24.5 Å². The lowest BCUT2D eigenvalue weighted by Gasteiger charge is -2.24. The van der Waals surface area contributed by atoms with Crippen LogP contribution in [0.1, 0.15) is 12.0 Å². The number of methoxy groups -OCH3 is 1. The summed E-state index contributed by atoms with van der Waals surface area (Å²) in [4.78, 5) is 10.8. The van der Waals surface area contributed by atoms with E-state index in [9.17, 15) is 4.79 Å². The van der Waals surface area contributed by atoms with Crippen LogP contribution in [0.15, 0.2) is 18.2 Å². The molecular formula is C11H12O4. The first-order valence-corrected chi connectivity index (χ1v) is 4.77. The number of benzene rings is 1. The van der Waals surface area contributed by atoms with Gasteiger partial charge in [0.25, 0.3) is 0 Å². The highest BCUT2D eigenvalue weighted by molar-refractivity contribution is 5.73. The number of rotatable bonds is 2. The van der Waals surface area contributed by atoms with Gasteiger partial charge in [-0.3, -0.25) is 0 Å². The van der Waals surface area contributed by atoms with Gasteiger partial charge in [-0.2, -0.15) is 0 Å². The van der Waals surface area contributed by atoms with Crippen molar-refractivity contribution >= 4 is 5.97 Å². The Bertz CT molecular complexity index is 372. The van der Waals surface area contributed by atoms with E-state index in [0.717, 1.165) is 5.56 Å². The Morgan fingerprint density at radius 2 is 2.40 bits per heavy atom. The molecule has 0 aromatic heterocycles. The van der Waals surface area contributed by atoms with Crippen LogP contribution in [0.5, 0.6) is 11.5 Å². The van der Waals surface area contributed by atoms with E-state index in [-0.39, 0.29) is 0 Å². The first-order chi connectivity index (χ1) is 7.22. The topological polar surface area (TPSA) is 55.8 Å². The Morgan fingerprint density at radius 3 is 3.07 bits per heavy atom. The van der Waals surface area contributed by atoms with Crippen LogP contribution < -0.4 is 9.47 Å². The van der Waals surface area contributed by atoms with Crippen molar-refractivity contribution in [2.75, 3.05) is 7.11 Å². The molecule has 4 heteroatoms. The fraction of sp³-hybridized carbons (Fsp3) is 0.364. The number of carbonyl (C=O) groups is 1. The third-order valence-electron chi connectivity index (χ3n) is 2.49. The molecule has 0 aliphatic carbocycles. The first-order valence-electron chi connectivity index (χ1n) is 4.77. The minimum absolute atomic E-state index is 0.509. The van der Waals surface area contributed by atoms with Crippen molar-refractivity contribution in [3.8, 4) is 11.5 Å². The highest BCUT2D eigenvalue weighted by Crippen LogP contribution is 2.36. The maximum absolute atomic E-state index is 10.8. The van der Waals surface area contributed by atoms with Crippen molar-refractivity contribution in [2.24, 2.45) is 0 Å². The van der Waals surface area contributed by atoms with Crippen LogP contribution in [0, 0.1) is 0 Å². The molecule has 1 aromatic carbocycles. The Hall–Kier alpha value is -1.71. The van der Waals surface area contributed by atoms with Gasteiger partial charge in [-0.25, -0.2) is 4.79 Å². The van der Waals surface area contributed by atoms with Gasteiger partial charge in [0.05, 0.1) is 7.11 Å². The molecular weight excluding hydrogens is 196 g/mol. The number of ether oxygens (including phenoxy) is 2. The summed E-state index contributed by atoms with van der Waals surface area (Å²) < 4.78 is 10.5. The second-order valence-corrected chi connectivity index (χ2v) is 3.43. The zero-order valence-corrected chi connectivity index (χ0v) is 8.40. The standard InChI is InChI=1S/C11H12O4/c1-14-8-4-2-3-7-5-6-9(11(12)13)15-10(7)8/h2-4,9H,5-6H2,1H3,(H,12,13)/t9-/m0/s1. The largest absolute Gasteiger partial charge is 0.493 e. The number of hydrogen-bond donors (Lipinski definition) is 1. The maximum Gasteiger partial charge on any atom is 0.344 e. The van der Waals surface area contributed by atoms with E-state index in [1.54, 1.807) is 13.2 Å². The molecule has 4 nitrogen and oxygen atoms in total. The quantitative estimate of drug-likeness (QED) is 0.799. The first kappa shape index (κ1) is 9.83. The van der Waals surface area contributed by atoms with Crippen molar-refractivity contribution in [1.82, 2.24) is 0 Å². The van der Waals surface area contributed by atoms with Gasteiger partial charge in [-0.1, -0.05) is 12.1 Å². The van der Waals surface area contributed by atoms with E-state index in [0.29, 0.717) is 24.3 Å². The summed E-state index contributed by atoms with van der Waals surface area (Å²) in [7, 11) is 1.54. The summed E-state index contributed by atoms with van der Waals surface area (Å²) in [5.41, 5.74) is 1.01. The molecule has 1 atom stereocenters. The molecule has 0 fully saturated rings. The monoisotopic (exact) mass is 208 g/mol. The van der Waals surface area contributed by atoms with Crippen LogP contribution in [0.4, 0.5) is 0 Å².